The average molecular weight is 252 g/mol. The first-order chi connectivity index (χ1) is 8.36. The lowest BCUT2D eigenvalue weighted by atomic mass is 10.1. The van der Waals surface area contributed by atoms with Crippen LogP contribution in [0.2, 0.25) is 0 Å². The minimum atomic E-state index is 0.497. The van der Waals surface area contributed by atoms with E-state index in [9.17, 15) is 0 Å². The van der Waals surface area contributed by atoms with Gasteiger partial charge in [0.05, 0.1) is 11.6 Å². The highest BCUT2D eigenvalue weighted by molar-refractivity contribution is 6.16. The van der Waals surface area contributed by atoms with Gasteiger partial charge in [0.2, 0.25) is 0 Å². The third kappa shape index (κ3) is 2.26. The van der Waals surface area contributed by atoms with Crippen molar-refractivity contribution in [3.8, 4) is 0 Å². The van der Waals surface area contributed by atoms with Gasteiger partial charge < -0.3 is 4.90 Å². The zero-order valence-electron chi connectivity index (χ0n) is 9.98. The summed E-state index contributed by atoms with van der Waals surface area (Å²) in [6, 6.07) is 6.88. The number of nitrogens with zero attached hydrogens (tertiary/aromatic N) is 3. The maximum Gasteiger partial charge on any atom is 0.128 e. The third-order valence-electron chi connectivity index (χ3n) is 3.84. The van der Waals surface area contributed by atoms with E-state index in [-0.39, 0.29) is 0 Å². The fraction of sp³-hybridized carbons (Fsp3) is 0.615. The minimum absolute atomic E-state index is 0.497. The number of rotatable bonds is 2. The Labute approximate surface area is 107 Å². The minimum Gasteiger partial charge on any atom is -0.354 e. The van der Waals surface area contributed by atoms with Crippen LogP contribution in [0.5, 0.6) is 0 Å². The van der Waals surface area contributed by atoms with E-state index < -0.39 is 0 Å². The second-order valence-corrected chi connectivity index (χ2v) is 5.17. The molecule has 0 spiro atoms. The van der Waals surface area contributed by atoms with Crippen molar-refractivity contribution in [2.75, 3.05) is 31.1 Å². The van der Waals surface area contributed by atoms with Crippen LogP contribution in [0, 0.1) is 0 Å². The van der Waals surface area contributed by atoms with Gasteiger partial charge in [-0.3, -0.25) is 4.90 Å². The predicted octanol–water partition coefficient (Wildman–Crippen LogP) is 2.10. The summed E-state index contributed by atoms with van der Waals surface area (Å²) < 4.78 is 0. The van der Waals surface area contributed by atoms with Crippen molar-refractivity contribution in [1.29, 1.82) is 0 Å². The summed E-state index contributed by atoms with van der Waals surface area (Å²) in [5.74, 6) is 1.59. The van der Waals surface area contributed by atoms with Gasteiger partial charge in [-0.05, 0) is 31.5 Å². The summed E-state index contributed by atoms with van der Waals surface area (Å²) >= 11 is 5.84. The quantitative estimate of drug-likeness (QED) is 0.751. The molecule has 0 aliphatic carbocycles. The summed E-state index contributed by atoms with van der Waals surface area (Å²) in [6.07, 6.45) is 2.69. The van der Waals surface area contributed by atoms with Crippen LogP contribution in [0.25, 0.3) is 0 Å². The number of aromatic nitrogens is 1. The van der Waals surface area contributed by atoms with Crippen molar-refractivity contribution in [1.82, 2.24) is 9.88 Å². The van der Waals surface area contributed by atoms with E-state index in [0.717, 1.165) is 30.6 Å². The number of piperazine rings is 1. The van der Waals surface area contributed by atoms with Crippen LogP contribution in [0.1, 0.15) is 18.5 Å². The SMILES string of the molecule is ClCc1cccc(N2CCN3CCCC3C2)n1. The molecule has 4 heteroatoms. The Bertz CT molecular complexity index is 396. The lowest BCUT2D eigenvalue weighted by Crippen LogP contribution is -2.50. The van der Waals surface area contributed by atoms with Crippen molar-refractivity contribution >= 4 is 17.4 Å². The first-order valence-corrected chi connectivity index (χ1v) is 6.91. The second kappa shape index (κ2) is 4.83. The number of halogens is 1. The van der Waals surface area contributed by atoms with Crippen molar-refractivity contribution in [2.24, 2.45) is 0 Å². The van der Waals surface area contributed by atoms with E-state index in [4.69, 9.17) is 11.6 Å². The van der Waals surface area contributed by atoms with Crippen LogP contribution in [-0.4, -0.2) is 42.1 Å². The summed E-state index contributed by atoms with van der Waals surface area (Å²) in [6.45, 7) is 4.68. The molecule has 1 aromatic heterocycles. The molecule has 92 valence electrons. The number of anilines is 1. The van der Waals surface area contributed by atoms with Gasteiger partial charge in [0.15, 0.2) is 0 Å². The molecule has 1 aromatic rings. The molecule has 0 aromatic carbocycles. The summed E-state index contributed by atoms with van der Waals surface area (Å²) in [7, 11) is 0. The molecule has 0 amide bonds. The molecule has 3 nitrogen and oxygen atoms in total. The maximum absolute atomic E-state index is 5.84. The Kier molecular flexibility index (Phi) is 3.21. The Hall–Kier alpha value is -0.800. The fourth-order valence-corrected chi connectivity index (χ4v) is 3.07. The molecule has 3 rings (SSSR count). The van der Waals surface area contributed by atoms with E-state index >= 15 is 0 Å². The monoisotopic (exact) mass is 251 g/mol. The Morgan fingerprint density at radius 2 is 2.24 bits per heavy atom. The number of fused-ring (bicyclic) bond motifs is 1. The zero-order chi connectivity index (χ0) is 11.7. The maximum atomic E-state index is 5.84. The molecular formula is C13H18ClN3. The van der Waals surface area contributed by atoms with Gasteiger partial charge in [0.25, 0.3) is 0 Å². The first kappa shape index (κ1) is 11.3. The highest BCUT2D eigenvalue weighted by atomic mass is 35.5. The largest absolute Gasteiger partial charge is 0.354 e. The first-order valence-electron chi connectivity index (χ1n) is 6.38. The Balaban J connectivity index is 1.75. The van der Waals surface area contributed by atoms with Gasteiger partial charge in [0, 0.05) is 25.7 Å². The van der Waals surface area contributed by atoms with Crippen LogP contribution < -0.4 is 4.90 Å². The topological polar surface area (TPSA) is 19.4 Å². The summed E-state index contributed by atoms with van der Waals surface area (Å²) in [4.78, 5) is 9.62. The summed E-state index contributed by atoms with van der Waals surface area (Å²) in [5.41, 5.74) is 0.970. The lowest BCUT2D eigenvalue weighted by molar-refractivity contribution is 0.230. The molecule has 3 heterocycles. The van der Waals surface area contributed by atoms with Crippen molar-refractivity contribution in [2.45, 2.75) is 24.8 Å². The molecule has 2 fully saturated rings. The number of hydrogen-bond donors (Lipinski definition) is 0. The van der Waals surface area contributed by atoms with Gasteiger partial charge >= 0.3 is 0 Å². The lowest BCUT2D eigenvalue weighted by Gasteiger charge is -2.38. The molecule has 2 saturated heterocycles. The molecule has 0 bridgehead atoms. The Morgan fingerprint density at radius 3 is 3.12 bits per heavy atom. The highest BCUT2D eigenvalue weighted by Gasteiger charge is 2.30. The summed E-state index contributed by atoms with van der Waals surface area (Å²) in [5, 5.41) is 0. The van der Waals surface area contributed by atoms with Crippen molar-refractivity contribution in [3.63, 3.8) is 0 Å². The molecule has 0 N–H and O–H groups in total. The van der Waals surface area contributed by atoms with E-state index in [2.05, 4.69) is 26.9 Å². The second-order valence-electron chi connectivity index (χ2n) is 4.90. The zero-order valence-corrected chi connectivity index (χ0v) is 10.7. The molecule has 0 radical (unpaired) electrons. The van der Waals surface area contributed by atoms with Crippen LogP contribution >= 0.6 is 11.6 Å². The van der Waals surface area contributed by atoms with Crippen LogP contribution in [0.4, 0.5) is 5.82 Å². The van der Waals surface area contributed by atoms with Gasteiger partial charge in [-0.2, -0.15) is 0 Å². The Morgan fingerprint density at radius 1 is 1.29 bits per heavy atom. The number of pyridine rings is 1. The molecule has 1 unspecified atom stereocenters. The normalized spacial score (nSPS) is 25.0. The van der Waals surface area contributed by atoms with Gasteiger partial charge in [0.1, 0.15) is 5.82 Å². The van der Waals surface area contributed by atoms with Crippen LogP contribution in [0.3, 0.4) is 0 Å². The average Bonchev–Trinajstić information content (AvgIpc) is 2.86. The smallest absolute Gasteiger partial charge is 0.128 e. The van der Waals surface area contributed by atoms with Crippen LogP contribution in [-0.2, 0) is 5.88 Å². The number of hydrogen-bond acceptors (Lipinski definition) is 3. The van der Waals surface area contributed by atoms with Crippen molar-refractivity contribution < 1.29 is 0 Å². The molecular weight excluding hydrogens is 234 g/mol. The number of alkyl halides is 1. The fourth-order valence-electron chi connectivity index (χ4n) is 2.92. The molecule has 2 aliphatic heterocycles. The van der Waals surface area contributed by atoms with E-state index in [1.807, 2.05) is 6.07 Å². The van der Waals surface area contributed by atoms with Gasteiger partial charge in [-0.1, -0.05) is 6.07 Å². The highest BCUT2D eigenvalue weighted by Crippen LogP contribution is 2.24. The van der Waals surface area contributed by atoms with Gasteiger partial charge in [-0.15, -0.1) is 11.6 Å². The van der Waals surface area contributed by atoms with E-state index in [0.29, 0.717) is 5.88 Å². The van der Waals surface area contributed by atoms with Gasteiger partial charge in [-0.25, -0.2) is 4.98 Å². The predicted molar refractivity (Wildman–Crippen MR) is 70.6 cm³/mol. The standard InChI is InChI=1S/C13H18ClN3/c14-9-11-3-1-5-13(15-11)17-8-7-16-6-2-4-12(16)10-17/h1,3,5,12H,2,4,6-10H2. The molecule has 1 atom stereocenters. The van der Waals surface area contributed by atoms with Crippen molar-refractivity contribution in [3.05, 3.63) is 23.9 Å². The molecule has 2 aliphatic rings. The van der Waals surface area contributed by atoms with E-state index in [1.165, 1.54) is 25.9 Å². The molecule has 0 saturated carbocycles. The van der Waals surface area contributed by atoms with E-state index in [1.54, 1.807) is 0 Å². The molecule has 17 heavy (non-hydrogen) atoms. The van der Waals surface area contributed by atoms with Crippen LogP contribution in [0.15, 0.2) is 18.2 Å². The third-order valence-corrected chi connectivity index (χ3v) is 4.11.